The smallest absolute Gasteiger partial charge is 0.238 e. The van der Waals surface area contributed by atoms with E-state index in [1.54, 1.807) is 0 Å². The molecule has 3 heteroatoms. The third kappa shape index (κ3) is 3.04. The SMILES string of the molecule is O=C1CNC(c2ccccc2)N1CCCC1CCCC1. The topological polar surface area (TPSA) is 32.3 Å². The molecule has 3 rings (SSSR count). The van der Waals surface area contributed by atoms with Crippen LogP contribution < -0.4 is 5.32 Å². The maximum absolute atomic E-state index is 12.0. The van der Waals surface area contributed by atoms with Crippen LogP contribution in [0.1, 0.15) is 50.3 Å². The Kier molecular flexibility index (Phi) is 4.36. The van der Waals surface area contributed by atoms with E-state index in [2.05, 4.69) is 17.4 Å². The van der Waals surface area contributed by atoms with Gasteiger partial charge in [-0.25, -0.2) is 0 Å². The average molecular weight is 272 g/mol. The number of nitrogens with zero attached hydrogens (tertiary/aromatic N) is 1. The van der Waals surface area contributed by atoms with E-state index in [-0.39, 0.29) is 12.1 Å². The highest BCUT2D eigenvalue weighted by molar-refractivity contribution is 5.80. The zero-order valence-electron chi connectivity index (χ0n) is 12.1. The lowest BCUT2D eigenvalue weighted by molar-refractivity contribution is -0.128. The summed E-state index contributed by atoms with van der Waals surface area (Å²) < 4.78 is 0. The van der Waals surface area contributed by atoms with Crippen LogP contribution in [0.4, 0.5) is 0 Å². The summed E-state index contributed by atoms with van der Waals surface area (Å²) in [7, 11) is 0. The zero-order valence-corrected chi connectivity index (χ0v) is 12.1. The molecule has 0 aromatic heterocycles. The monoisotopic (exact) mass is 272 g/mol. The van der Waals surface area contributed by atoms with Gasteiger partial charge in [0.1, 0.15) is 6.17 Å². The first kappa shape index (κ1) is 13.6. The minimum absolute atomic E-state index is 0.0762. The number of rotatable bonds is 5. The van der Waals surface area contributed by atoms with Gasteiger partial charge in [-0.15, -0.1) is 0 Å². The Bertz CT molecular complexity index is 440. The molecule has 2 aliphatic rings. The van der Waals surface area contributed by atoms with E-state index in [9.17, 15) is 4.79 Å². The van der Waals surface area contributed by atoms with Gasteiger partial charge in [0.05, 0.1) is 6.54 Å². The standard InChI is InChI=1S/C17H24N2O/c20-16-13-18-17(15-10-2-1-3-11-15)19(16)12-6-9-14-7-4-5-8-14/h1-3,10-11,14,17-18H,4-9,12-13H2. The Hall–Kier alpha value is -1.35. The molecule has 1 aromatic carbocycles. The Morgan fingerprint density at radius 3 is 2.65 bits per heavy atom. The Labute approximate surface area is 121 Å². The van der Waals surface area contributed by atoms with Gasteiger partial charge in [-0.2, -0.15) is 0 Å². The summed E-state index contributed by atoms with van der Waals surface area (Å²) in [6, 6.07) is 10.3. The summed E-state index contributed by atoms with van der Waals surface area (Å²) in [6.07, 6.45) is 8.10. The van der Waals surface area contributed by atoms with E-state index in [0.717, 1.165) is 18.9 Å². The molecule has 1 amide bonds. The van der Waals surface area contributed by atoms with Crippen molar-refractivity contribution in [1.82, 2.24) is 10.2 Å². The fraction of sp³-hybridized carbons (Fsp3) is 0.588. The molecule has 1 saturated carbocycles. The van der Waals surface area contributed by atoms with Gasteiger partial charge in [0, 0.05) is 6.54 Å². The van der Waals surface area contributed by atoms with Crippen molar-refractivity contribution >= 4 is 5.91 Å². The van der Waals surface area contributed by atoms with Crippen molar-refractivity contribution in [3.8, 4) is 0 Å². The van der Waals surface area contributed by atoms with E-state index in [4.69, 9.17) is 0 Å². The van der Waals surface area contributed by atoms with Gasteiger partial charge in [-0.3, -0.25) is 10.1 Å². The molecule has 1 unspecified atom stereocenters. The normalized spacial score (nSPS) is 23.7. The zero-order chi connectivity index (χ0) is 13.8. The second-order valence-electron chi connectivity index (χ2n) is 6.07. The van der Waals surface area contributed by atoms with Gasteiger partial charge in [0.15, 0.2) is 0 Å². The van der Waals surface area contributed by atoms with Gasteiger partial charge >= 0.3 is 0 Å². The van der Waals surface area contributed by atoms with Gasteiger partial charge in [0.25, 0.3) is 0 Å². The Morgan fingerprint density at radius 1 is 1.15 bits per heavy atom. The van der Waals surface area contributed by atoms with E-state index in [1.165, 1.54) is 37.7 Å². The summed E-state index contributed by atoms with van der Waals surface area (Å²) in [5.74, 6) is 1.15. The molecule has 1 aliphatic carbocycles. The molecule has 108 valence electrons. The molecule has 3 nitrogen and oxygen atoms in total. The predicted molar refractivity (Wildman–Crippen MR) is 80.1 cm³/mol. The highest BCUT2D eigenvalue weighted by Crippen LogP contribution is 2.29. The van der Waals surface area contributed by atoms with Crippen molar-refractivity contribution in [2.75, 3.05) is 13.1 Å². The van der Waals surface area contributed by atoms with Gasteiger partial charge in [-0.05, 0) is 24.3 Å². The highest BCUT2D eigenvalue weighted by atomic mass is 16.2. The van der Waals surface area contributed by atoms with Gasteiger partial charge < -0.3 is 4.90 Å². The lowest BCUT2D eigenvalue weighted by Crippen LogP contribution is -2.31. The summed E-state index contributed by atoms with van der Waals surface area (Å²) in [5, 5.41) is 3.33. The number of carbonyl (C=O) groups excluding carboxylic acids is 1. The van der Waals surface area contributed by atoms with Crippen LogP contribution in [0.25, 0.3) is 0 Å². The molecule has 1 N–H and O–H groups in total. The molecule has 1 saturated heterocycles. The van der Waals surface area contributed by atoms with Crippen molar-refractivity contribution < 1.29 is 4.79 Å². The fourth-order valence-corrected chi connectivity index (χ4v) is 3.58. The molecule has 0 bridgehead atoms. The quantitative estimate of drug-likeness (QED) is 0.893. The summed E-state index contributed by atoms with van der Waals surface area (Å²) in [5.41, 5.74) is 1.19. The molecule has 2 fully saturated rings. The molecule has 1 atom stereocenters. The molecular weight excluding hydrogens is 248 g/mol. The van der Waals surface area contributed by atoms with Crippen LogP contribution in [0.3, 0.4) is 0 Å². The second kappa shape index (κ2) is 6.40. The highest BCUT2D eigenvalue weighted by Gasteiger charge is 2.31. The molecule has 1 aromatic rings. The third-order valence-electron chi connectivity index (χ3n) is 4.68. The number of hydrogen-bond donors (Lipinski definition) is 1. The summed E-state index contributed by atoms with van der Waals surface area (Å²) >= 11 is 0. The van der Waals surface area contributed by atoms with Gasteiger partial charge in [0.2, 0.25) is 5.91 Å². The maximum Gasteiger partial charge on any atom is 0.238 e. The summed E-state index contributed by atoms with van der Waals surface area (Å²) in [6.45, 7) is 1.37. The Balaban J connectivity index is 1.56. The number of hydrogen-bond acceptors (Lipinski definition) is 2. The predicted octanol–water partition coefficient (Wildman–Crippen LogP) is 3.09. The third-order valence-corrected chi connectivity index (χ3v) is 4.68. The molecule has 0 radical (unpaired) electrons. The average Bonchev–Trinajstić information content (AvgIpc) is 3.11. The van der Waals surface area contributed by atoms with Crippen molar-refractivity contribution in [3.63, 3.8) is 0 Å². The molecule has 0 spiro atoms. The fourth-order valence-electron chi connectivity index (χ4n) is 3.58. The van der Waals surface area contributed by atoms with E-state index in [0.29, 0.717) is 6.54 Å². The molecule has 20 heavy (non-hydrogen) atoms. The minimum atomic E-state index is 0.0762. The van der Waals surface area contributed by atoms with Crippen molar-refractivity contribution in [3.05, 3.63) is 35.9 Å². The van der Waals surface area contributed by atoms with Gasteiger partial charge in [-0.1, -0.05) is 56.0 Å². The first-order chi connectivity index (χ1) is 9.84. The number of benzene rings is 1. The summed E-state index contributed by atoms with van der Waals surface area (Å²) in [4.78, 5) is 14.1. The maximum atomic E-state index is 12.0. The lowest BCUT2D eigenvalue weighted by Gasteiger charge is -2.25. The van der Waals surface area contributed by atoms with Crippen LogP contribution in [-0.4, -0.2) is 23.9 Å². The van der Waals surface area contributed by atoms with Crippen LogP contribution in [0.2, 0.25) is 0 Å². The second-order valence-corrected chi connectivity index (χ2v) is 6.07. The van der Waals surface area contributed by atoms with Crippen LogP contribution >= 0.6 is 0 Å². The van der Waals surface area contributed by atoms with E-state index >= 15 is 0 Å². The molecule has 1 heterocycles. The minimum Gasteiger partial charge on any atom is -0.322 e. The number of carbonyl (C=O) groups is 1. The Morgan fingerprint density at radius 2 is 1.90 bits per heavy atom. The van der Waals surface area contributed by atoms with Crippen LogP contribution in [-0.2, 0) is 4.79 Å². The van der Waals surface area contributed by atoms with Crippen LogP contribution in [0.5, 0.6) is 0 Å². The first-order valence-corrected chi connectivity index (χ1v) is 7.92. The number of nitrogens with one attached hydrogen (secondary N) is 1. The van der Waals surface area contributed by atoms with Crippen LogP contribution in [0, 0.1) is 5.92 Å². The van der Waals surface area contributed by atoms with E-state index in [1.807, 2.05) is 23.1 Å². The lowest BCUT2D eigenvalue weighted by atomic mass is 10.0. The van der Waals surface area contributed by atoms with Crippen molar-refractivity contribution in [2.24, 2.45) is 5.92 Å². The molecular formula is C17H24N2O. The largest absolute Gasteiger partial charge is 0.322 e. The van der Waals surface area contributed by atoms with Crippen LogP contribution in [0.15, 0.2) is 30.3 Å². The van der Waals surface area contributed by atoms with Crippen molar-refractivity contribution in [2.45, 2.75) is 44.7 Å². The van der Waals surface area contributed by atoms with E-state index < -0.39 is 0 Å². The number of amides is 1. The molecule has 1 aliphatic heterocycles. The first-order valence-electron chi connectivity index (χ1n) is 7.92. The van der Waals surface area contributed by atoms with Crippen molar-refractivity contribution in [1.29, 1.82) is 0 Å².